The number of benzene rings is 2. The highest BCUT2D eigenvalue weighted by Crippen LogP contribution is 2.36. The molecule has 0 spiro atoms. The smallest absolute Gasteiger partial charge is 0.332 e. The second kappa shape index (κ2) is 17.0. The number of halogens is 1. The molecule has 0 aliphatic carbocycles. The van der Waals surface area contributed by atoms with E-state index in [2.05, 4.69) is 16.8 Å². The third-order valence-corrected chi connectivity index (χ3v) is 10.6. The number of aromatic nitrogens is 3. The number of hydrogen-bond donors (Lipinski definition) is 1. The molecule has 4 heterocycles. The molecule has 4 aromatic rings. The van der Waals surface area contributed by atoms with E-state index in [4.69, 9.17) is 25.8 Å². The van der Waals surface area contributed by atoms with Crippen LogP contribution in [0.25, 0.3) is 16.8 Å². The van der Waals surface area contributed by atoms with Crippen LogP contribution in [-0.4, -0.2) is 89.0 Å². The van der Waals surface area contributed by atoms with Gasteiger partial charge in [-0.3, -0.25) is 23.9 Å². The van der Waals surface area contributed by atoms with Gasteiger partial charge in [-0.05, 0) is 93.0 Å². The summed E-state index contributed by atoms with van der Waals surface area (Å²) in [6.45, 7) is 8.45. The van der Waals surface area contributed by atoms with Crippen molar-refractivity contribution >= 4 is 17.5 Å². The molecule has 2 saturated heterocycles. The Morgan fingerprint density at radius 1 is 0.868 bits per heavy atom. The number of carbonyl (C=O) groups is 1. The number of pyridine rings is 1. The second-order valence-electron chi connectivity index (χ2n) is 13.8. The second-order valence-corrected chi connectivity index (χ2v) is 14.2. The molecule has 6 rings (SSSR count). The maximum Gasteiger partial charge on any atom is 0.332 e. The molecule has 2 aliphatic heterocycles. The molecular weight excluding hydrogens is 698 g/mol. The van der Waals surface area contributed by atoms with Crippen molar-refractivity contribution in [2.45, 2.75) is 71.1 Å². The lowest BCUT2D eigenvalue weighted by atomic mass is 9.99. The molecule has 282 valence electrons. The topological polar surface area (TPSA) is 128 Å². The molecular formula is C40H48ClN5O7. The summed E-state index contributed by atoms with van der Waals surface area (Å²) in [5.74, 6) is 1.41. The van der Waals surface area contributed by atoms with Crippen LogP contribution in [0.2, 0.25) is 5.02 Å². The van der Waals surface area contributed by atoms with Crippen LogP contribution < -0.4 is 26.3 Å². The minimum Gasteiger partial charge on any atom is -0.496 e. The Labute approximate surface area is 313 Å². The van der Waals surface area contributed by atoms with Crippen LogP contribution in [0.5, 0.6) is 11.5 Å². The fourth-order valence-electron chi connectivity index (χ4n) is 7.37. The number of hydrogen-bond acceptors (Lipinski definition) is 8. The molecule has 0 unspecified atom stereocenters. The van der Waals surface area contributed by atoms with Gasteiger partial charge in [-0.25, -0.2) is 4.79 Å². The summed E-state index contributed by atoms with van der Waals surface area (Å²) in [5, 5.41) is 0.294. The molecule has 53 heavy (non-hydrogen) atoms. The Morgan fingerprint density at radius 3 is 2.15 bits per heavy atom. The zero-order chi connectivity index (χ0) is 37.6. The lowest BCUT2D eigenvalue weighted by Crippen LogP contribution is -2.44. The Bertz CT molecular complexity index is 2080. The van der Waals surface area contributed by atoms with E-state index in [1.165, 1.54) is 16.8 Å². The Morgan fingerprint density at radius 2 is 1.53 bits per heavy atom. The molecule has 2 aliphatic rings. The largest absolute Gasteiger partial charge is 0.496 e. The molecule has 2 fully saturated rings. The zero-order valence-electron chi connectivity index (χ0n) is 30.9. The minimum atomic E-state index is -0.626. The summed E-state index contributed by atoms with van der Waals surface area (Å²) in [6.07, 6.45) is 8.57. The van der Waals surface area contributed by atoms with E-state index in [1.807, 2.05) is 36.2 Å². The number of ether oxygens (including phenoxy) is 3. The predicted molar refractivity (Wildman–Crippen MR) is 205 cm³/mol. The third kappa shape index (κ3) is 8.77. The van der Waals surface area contributed by atoms with Gasteiger partial charge < -0.3 is 28.6 Å². The summed E-state index contributed by atoms with van der Waals surface area (Å²) in [5.41, 5.74) is 3.29. The van der Waals surface area contributed by atoms with Crippen LogP contribution in [0.15, 0.2) is 69.2 Å². The average molecular weight is 746 g/mol. The average Bonchev–Trinajstić information content (AvgIpc) is 3.16. The Hall–Kier alpha value is -4.65. The first kappa shape index (κ1) is 38.1. The number of piperidine rings is 2. The highest BCUT2D eigenvalue weighted by atomic mass is 35.5. The molecule has 0 bridgehead atoms. The number of carbonyl (C=O) groups excluding carboxylic acids is 1. The first-order valence-corrected chi connectivity index (χ1v) is 18.7. The molecule has 2 aromatic heterocycles. The zero-order valence-corrected chi connectivity index (χ0v) is 31.6. The van der Waals surface area contributed by atoms with Crippen molar-refractivity contribution in [2.75, 3.05) is 46.9 Å². The van der Waals surface area contributed by atoms with Gasteiger partial charge in [0.1, 0.15) is 11.5 Å². The van der Waals surface area contributed by atoms with Crippen molar-refractivity contribution in [2.24, 2.45) is 0 Å². The summed E-state index contributed by atoms with van der Waals surface area (Å²) < 4.78 is 21.3. The van der Waals surface area contributed by atoms with Gasteiger partial charge in [0, 0.05) is 74.4 Å². The minimum absolute atomic E-state index is 0.0363. The van der Waals surface area contributed by atoms with Gasteiger partial charge in [-0.15, -0.1) is 0 Å². The van der Waals surface area contributed by atoms with E-state index in [0.717, 1.165) is 86.3 Å². The molecule has 1 N–H and O–H groups in total. The number of nitrogens with zero attached hydrogens (tertiary/aromatic N) is 4. The van der Waals surface area contributed by atoms with Crippen molar-refractivity contribution in [3.63, 3.8) is 0 Å². The molecule has 1 amide bonds. The molecule has 0 atom stereocenters. The highest BCUT2D eigenvalue weighted by Gasteiger charge is 2.29. The van der Waals surface area contributed by atoms with Crippen molar-refractivity contribution in [1.82, 2.24) is 23.9 Å². The van der Waals surface area contributed by atoms with Gasteiger partial charge in [0.25, 0.3) is 17.0 Å². The normalized spacial score (nSPS) is 15.8. The monoisotopic (exact) mass is 745 g/mol. The maximum atomic E-state index is 13.4. The number of likely N-dealkylation sites (tertiary alicyclic amines) is 2. The van der Waals surface area contributed by atoms with E-state index in [0.29, 0.717) is 41.5 Å². The van der Waals surface area contributed by atoms with Gasteiger partial charge in [0.05, 0.1) is 37.1 Å². The molecule has 0 saturated carbocycles. The van der Waals surface area contributed by atoms with Crippen LogP contribution >= 0.6 is 11.6 Å². The fraction of sp³-hybridized carbons (Fsp3) is 0.450. The fourth-order valence-corrected chi connectivity index (χ4v) is 7.58. The summed E-state index contributed by atoms with van der Waals surface area (Å²) in [4.78, 5) is 56.4. The van der Waals surface area contributed by atoms with Crippen LogP contribution in [0.1, 0.15) is 60.5 Å². The number of aryl methyl sites for hydroxylation is 2. The first-order valence-electron chi connectivity index (χ1n) is 18.3. The lowest BCUT2D eigenvalue weighted by molar-refractivity contribution is -0.0620. The SMILES string of the molecule is CCCn1cc(-c2cc(OC)c(CCN3CCC(OC4CCN(C(=O)c5ccc(Cl)c(-n6ccc(=O)[nH]c6=O)c5)CC4)CC3)c(OC)c2)cc(C)c1=O. The predicted octanol–water partition coefficient (Wildman–Crippen LogP) is 5.07. The van der Waals surface area contributed by atoms with Gasteiger partial charge in [-0.1, -0.05) is 18.5 Å². The van der Waals surface area contributed by atoms with Crippen molar-refractivity contribution in [3.8, 4) is 28.3 Å². The summed E-state index contributed by atoms with van der Waals surface area (Å²) >= 11 is 6.35. The van der Waals surface area contributed by atoms with Crippen LogP contribution in [0.3, 0.4) is 0 Å². The van der Waals surface area contributed by atoms with E-state index in [1.54, 1.807) is 37.0 Å². The molecule has 2 aromatic carbocycles. The summed E-state index contributed by atoms with van der Waals surface area (Å²) in [6, 6.07) is 12.1. The summed E-state index contributed by atoms with van der Waals surface area (Å²) in [7, 11) is 3.37. The third-order valence-electron chi connectivity index (χ3n) is 10.3. The first-order chi connectivity index (χ1) is 25.6. The van der Waals surface area contributed by atoms with Gasteiger partial charge in [-0.2, -0.15) is 0 Å². The van der Waals surface area contributed by atoms with E-state index >= 15 is 0 Å². The van der Waals surface area contributed by atoms with Gasteiger partial charge >= 0.3 is 5.69 Å². The number of methoxy groups -OCH3 is 2. The van der Waals surface area contributed by atoms with Crippen LogP contribution in [0, 0.1) is 6.92 Å². The number of amides is 1. The number of rotatable bonds is 12. The van der Waals surface area contributed by atoms with Crippen LogP contribution in [-0.2, 0) is 17.7 Å². The quantitative estimate of drug-likeness (QED) is 0.213. The van der Waals surface area contributed by atoms with E-state index in [9.17, 15) is 19.2 Å². The number of nitrogens with one attached hydrogen (secondary N) is 1. The Balaban J connectivity index is 0.999. The van der Waals surface area contributed by atoms with Crippen LogP contribution in [0.4, 0.5) is 0 Å². The lowest BCUT2D eigenvalue weighted by Gasteiger charge is -2.37. The standard InChI is InChI=1S/C40H48ClN5O7/c1-5-14-45-25-29(21-26(2)38(45)48)28-23-35(51-3)32(36(24-28)52-4)12-17-43-15-8-30(9-16-43)53-31-10-18-44(19-11-31)39(49)27-6-7-33(41)34(22-27)46-20-13-37(47)42-40(46)50/h6-7,13,20-25,30-31H,5,8-12,14-19H2,1-4H3,(H,42,47,50). The van der Waals surface area contributed by atoms with Crippen molar-refractivity contribution < 1.29 is 19.0 Å². The van der Waals surface area contributed by atoms with Crippen molar-refractivity contribution in [3.05, 3.63) is 108 Å². The molecule has 12 nitrogen and oxygen atoms in total. The van der Waals surface area contributed by atoms with E-state index < -0.39 is 11.2 Å². The van der Waals surface area contributed by atoms with Gasteiger partial charge in [0.2, 0.25) is 0 Å². The van der Waals surface area contributed by atoms with Gasteiger partial charge in [0.15, 0.2) is 0 Å². The highest BCUT2D eigenvalue weighted by molar-refractivity contribution is 6.32. The molecule has 13 heteroatoms. The Kier molecular flexibility index (Phi) is 12.2. The maximum absolute atomic E-state index is 13.4. The number of aromatic amines is 1. The number of H-pyrrole nitrogens is 1. The van der Waals surface area contributed by atoms with Crippen molar-refractivity contribution in [1.29, 1.82) is 0 Å². The van der Waals surface area contributed by atoms with E-state index in [-0.39, 0.29) is 23.7 Å². The molecule has 0 radical (unpaired) electrons.